The third-order valence-electron chi connectivity index (χ3n) is 2.33. The van der Waals surface area contributed by atoms with Gasteiger partial charge in [0, 0.05) is 12.5 Å². The summed E-state index contributed by atoms with van der Waals surface area (Å²) < 4.78 is 0. The number of nitrogens with one attached hydrogen (secondary N) is 1. The molecule has 0 spiro atoms. The summed E-state index contributed by atoms with van der Waals surface area (Å²) in [6.07, 6.45) is 0. The smallest absolute Gasteiger partial charge is 0.103 e. The van der Waals surface area contributed by atoms with Crippen molar-refractivity contribution in [3.8, 4) is 6.07 Å². The van der Waals surface area contributed by atoms with Crippen LogP contribution in [0.3, 0.4) is 0 Å². The lowest BCUT2D eigenvalue weighted by Crippen LogP contribution is -2.49. The number of nitriles is 1. The van der Waals surface area contributed by atoms with Crippen molar-refractivity contribution in [2.45, 2.75) is 12.0 Å². The first-order valence-corrected chi connectivity index (χ1v) is 4.10. The molecule has 1 aromatic carbocycles. The summed E-state index contributed by atoms with van der Waals surface area (Å²) in [5, 5.41) is 11.8. The Morgan fingerprint density at radius 3 is 2.58 bits per heavy atom. The van der Waals surface area contributed by atoms with E-state index in [9.17, 15) is 0 Å². The van der Waals surface area contributed by atoms with Crippen molar-refractivity contribution >= 4 is 0 Å². The Labute approximate surface area is 71.8 Å². The molecule has 0 amide bonds. The molecule has 2 heteroatoms. The van der Waals surface area contributed by atoms with Crippen LogP contribution in [0.5, 0.6) is 0 Å². The summed E-state index contributed by atoms with van der Waals surface area (Å²) in [5.41, 5.74) is 1.27. The van der Waals surface area contributed by atoms with Gasteiger partial charge in [-0.05, 0) is 5.56 Å². The van der Waals surface area contributed by atoms with Gasteiger partial charge in [0.05, 0.1) is 6.07 Å². The standard InChI is InChI=1S/C10H10N2/c11-6-10-9(7-12-10)8-4-2-1-3-5-8/h1-5,9-10,12H,7H2. The minimum absolute atomic E-state index is 0.0207. The molecule has 0 aliphatic carbocycles. The minimum atomic E-state index is 0.0207. The van der Waals surface area contributed by atoms with Gasteiger partial charge >= 0.3 is 0 Å². The van der Waals surface area contributed by atoms with Crippen LogP contribution < -0.4 is 5.32 Å². The third kappa shape index (κ3) is 1.09. The fourth-order valence-electron chi connectivity index (χ4n) is 1.50. The number of nitrogens with zero attached hydrogens (tertiary/aromatic N) is 1. The van der Waals surface area contributed by atoms with Crippen LogP contribution in [0.4, 0.5) is 0 Å². The first kappa shape index (κ1) is 7.33. The number of hydrogen-bond acceptors (Lipinski definition) is 2. The van der Waals surface area contributed by atoms with Crippen molar-refractivity contribution in [3.05, 3.63) is 35.9 Å². The van der Waals surface area contributed by atoms with Crippen molar-refractivity contribution in [2.24, 2.45) is 0 Å². The van der Waals surface area contributed by atoms with Gasteiger partial charge in [-0.15, -0.1) is 0 Å². The van der Waals surface area contributed by atoms with E-state index < -0.39 is 0 Å². The van der Waals surface area contributed by atoms with E-state index in [-0.39, 0.29) is 6.04 Å². The second-order valence-electron chi connectivity index (χ2n) is 3.03. The van der Waals surface area contributed by atoms with Gasteiger partial charge in [0.1, 0.15) is 6.04 Å². The van der Waals surface area contributed by atoms with E-state index in [1.807, 2.05) is 18.2 Å². The predicted molar refractivity (Wildman–Crippen MR) is 46.6 cm³/mol. The molecule has 12 heavy (non-hydrogen) atoms. The maximum Gasteiger partial charge on any atom is 0.103 e. The largest absolute Gasteiger partial charge is 0.301 e. The molecule has 2 atom stereocenters. The Balaban J connectivity index is 2.17. The van der Waals surface area contributed by atoms with E-state index in [2.05, 4.69) is 23.5 Å². The molecule has 1 aliphatic heterocycles. The molecule has 0 bridgehead atoms. The van der Waals surface area contributed by atoms with E-state index in [1.54, 1.807) is 0 Å². The Hall–Kier alpha value is -1.33. The van der Waals surface area contributed by atoms with Gasteiger partial charge < -0.3 is 5.32 Å². The molecule has 2 rings (SSSR count). The van der Waals surface area contributed by atoms with Crippen LogP contribution >= 0.6 is 0 Å². The van der Waals surface area contributed by atoms with E-state index in [4.69, 9.17) is 5.26 Å². The SMILES string of the molecule is N#CC1NCC1c1ccccc1. The van der Waals surface area contributed by atoms with Crippen LogP contribution in [0.1, 0.15) is 11.5 Å². The lowest BCUT2D eigenvalue weighted by molar-refractivity contribution is 0.374. The summed E-state index contributed by atoms with van der Waals surface area (Å²) in [4.78, 5) is 0. The van der Waals surface area contributed by atoms with Crippen LogP contribution in [0, 0.1) is 11.3 Å². The highest BCUT2D eigenvalue weighted by atomic mass is 15.0. The van der Waals surface area contributed by atoms with Crippen molar-refractivity contribution in [1.82, 2.24) is 5.32 Å². The van der Waals surface area contributed by atoms with Crippen molar-refractivity contribution < 1.29 is 0 Å². The average Bonchev–Trinajstić information content (AvgIpc) is 2.05. The van der Waals surface area contributed by atoms with E-state index in [0.717, 1.165) is 6.54 Å². The number of benzene rings is 1. The summed E-state index contributed by atoms with van der Waals surface area (Å²) in [5.74, 6) is 0.399. The average molecular weight is 158 g/mol. The van der Waals surface area contributed by atoms with Gasteiger partial charge in [0.2, 0.25) is 0 Å². The van der Waals surface area contributed by atoms with Gasteiger partial charge in [-0.25, -0.2) is 0 Å². The minimum Gasteiger partial charge on any atom is -0.301 e. The zero-order chi connectivity index (χ0) is 8.39. The van der Waals surface area contributed by atoms with Crippen molar-refractivity contribution in [2.75, 3.05) is 6.54 Å². The monoisotopic (exact) mass is 158 g/mol. The van der Waals surface area contributed by atoms with Crippen LogP contribution in [0.15, 0.2) is 30.3 Å². The topological polar surface area (TPSA) is 35.8 Å². The second kappa shape index (κ2) is 2.96. The van der Waals surface area contributed by atoms with Gasteiger partial charge in [-0.3, -0.25) is 0 Å². The first-order chi connectivity index (χ1) is 5.92. The van der Waals surface area contributed by atoms with E-state index >= 15 is 0 Å². The van der Waals surface area contributed by atoms with Crippen LogP contribution in [0.2, 0.25) is 0 Å². The zero-order valence-electron chi connectivity index (χ0n) is 6.70. The third-order valence-corrected chi connectivity index (χ3v) is 2.33. The molecule has 1 aromatic rings. The lowest BCUT2D eigenvalue weighted by atomic mass is 9.86. The molecular weight excluding hydrogens is 148 g/mol. The molecule has 0 saturated carbocycles. The summed E-state index contributed by atoms with van der Waals surface area (Å²) in [7, 11) is 0. The highest BCUT2D eigenvalue weighted by Gasteiger charge is 2.30. The van der Waals surface area contributed by atoms with Gasteiger partial charge in [-0.2, -0.15) is 5.26 Å². The Morgan fingerprint density at radius 2 is 2.08 bits per heavy atom. The van der Waals surface area contributed by atoms with Crippen molar-refractivity contribution in [3.63, 3.8) is 0 Å². The number of hydrogen-bond donors (Lipinski definition) is 1. The van der Waals surface area contributed by atoms with E-state index in [0.29, 0.717) is 5.92 Å². The fourth-order valence-corrected chi connectivity index (χ4v) is 1.50. The molecule has 60 valence electrons. The van der Waals surface area contributed by atoms with Crippen LogP contribution in [-0.4, -0.2) is 12.6 Å². The molecular formula is C10H10N2. The predicted octanol–water partition coefficient (Wildman–Crippen LogP) is 1.27. The molecule has 0 radical (unpaired) electrons. The van der Waals surface area contributed by atoms with Crippen LogP contribution in [0.25, 0.3) is 0 Å². The summed E-state index contributed by atoms with van der Waals surface area (Å²) in [6, 6.07) is 12.4. The molecule has 1 aliphatic rings. The molecule has 2 nitrogen and oxygen atoms in total. The normalized spacial score (nSPS) is 27.2. The maximum absolute atomic E-state index is 8.71. The Kier molecular flexibility index (Phi) is 1.81. The summed E-state index contributed by atoms with van der Waals surface area (Å²) >= 11 is 0. The fraction of sp³-hybridized carbons (Fsp3) is 0.300. The Morgan fingerprint density at radius 1 is 1.33 bits per heavy atom. The Bertz CT molecular complexity index is 299. The van der Waals surface area contributed by atoms with E-state index in [1.165, 1.54) is 5.56 Å². The molecule has 1 fully saturated rings. The van der Waals surface area contributed by atoms with Gasteiger partial charge in [0.15, 0.2) is 0 Å². The highest BCUT2D eigenvalue weighted by Crippen LogP contribution is 2.24. The lowest BCUT2D eigenvalue weighted by Gasteiger charge is -2.33. The molecule has 1 heterocycles. The molecule has 0 aromatic heterocycles. The molecule has 1 saturated heterocycles. The zero-order valence-corrected chi connectivity index (χ0v) is 6.70. The second-order valence-corrected chi connectivity index (χ2v) is 3.03. The van der Waals surface area contributed by atoms with Crippen LogP contribution in [-0.2, 0) is 0 Å². The quantitative estimate of drug-likeness (QED) is 0.668. The molecule has 1 N–H and O–H groups in total. The molecule has 2 unspecified atom stereocenters. The van der Waals surface area contributed by atoms with Crippen molar-refractivity contribution in [1.29, 1.82) is 5.26 Å². The summed E-state index contributed by atoms with van der Waals surface area (Å²) in [6.45, 7) is 0.933. The first-order valence-electron chi connectivity index (χ1n) is 4.10. The maximum atomic E-state index is 8.71. The highest BCUT2D eigenvalue weighted by molar-refractivity contribution is 5.27. The van der Waals surface area contributed by atoms with Gasteiger partial charge in [-0.1, -0.05) is 30.3 Å². The van der Waals surface area contributed by atoms with Gasteiger partial charge in [0.25, 0.3) is 0 Å². The number of rotatable bonds is 1.